The number of pyridine rings is 1. The van der Waals surface area contributed by atoms with Gasteiger partial charge in [0.1, 0.15) is 23.1 Å². The molecule has 0 fully saturated rings. The van der Waals surface area contributed by atoms with E-state index in [1.807, 2.05) is 36.0 Å². The fourth-order valence-corrected chi connectivity index (χ4v) is 4.30. The molecule has 1 unspecified atom stereocenters. The number of hydrogen-bond acceptors (Lipinski definition) is 7. The predicted molar refractivity (Wildman–Crippen MR) is 118 cm³/mol. The number of nitriles is 1. The third-order valence-corrected chi connectivity index (χ3v) is 6.06. The van der Waals surface area contributed by atoms with E-state index in [-0.39, 0.29) is 6.10 Å². The molecule has 1 aliphatic heterocycles. The van der Waals surface area contributed by atoms with Crippen LogP contribution in [0.25, 0.3) is 16.8 Å². The highest BCUT2D eigenvalue weighted by Crippen LogP contribution is 2.35. The van der Waals surface area contributed by atoms with Crippen LogP contribution in [0.1, 0.15) is 30.0 Å². The van der Waals surface area contributed by atoms with Gasteiger partial charge in [-0.1, -0.05) is 11.6 Å². The summed E-state index contributed by atoms with van der Waals surface area (Å²) in [6, 6.07) is 5.65. The van der Waals surface area contributed by atoms with E-state index in [9.17, 15) is 5.26 Å². The number of rotatable bonds is 4. The number of fused-ring (bicyclic) bond motifs is 2. The largest absolute Gasteiger partial charge is 0.482 e. The van der Waals surface area contributed by atoms with Gasteiger partial charge in [0, 0.05) is 43.2 Å². The summed E-state index contributed by atoms with van der Waals surface area (Å²) in [5.41, 5.74) is 5.40. The second-order valence-corrected chi connectivity index (χ2v) is 8.18. The van der Waals surface area contributed by atoms with Crippen molar-refractivity contribution in [1.82, 2.24) is 34.5 Å². The molecule has 5 heterocycles. The van der Waals surface area contributed by atoms with E-state index >= 15 is 0 Å². The molecule has 0 aromatic carbocycles. The van der Waals surface area contributed by atoms with E-state index < -0.39 is 0 Å². The third-order valence-electron chi connectivity index (χ3n) is 5.78. The highest BCUT2D eigenvalue weighted by Gasteiger charge is 2.22. The third kappa shape index (κ3) is 3.52. The maximum absolute atomic E-state index is 9.23. The molecule has 1 aliphatic rings. The van der Waals surface area contributed by atoms with Crippen LogP contribution in [0, 0.1) is 18.4 Å². The van der Waals surface area contributed by atoms with Gasteiger partial charge in [-0.05, 0) is 37.6 Å². The molecule has 4 aromatic heterocycles. The zero-order valence-corrected chi connectivity index (χ0v) is 18.5. The Morgan fingerprint density at radius 3 is 2.94 bits per heavy atom. The Labute approximate surface area is 189 Å². The van der Waals surface area contributed by atoms with E-state index in [0.29, 0.717) is 35.9 Å². The van der Waals surface area contributed by atoms with E-state index in [0.717, 1.165) is 34.6 Å². The number of halogens is 1. The van der Waals surface area contributed by atoms with Gasteiger partial charge in [0.15, 0.2) is 6.19 Å². The fourth-order valence-electron chi connectivity index (χ4n) is 4.08. The summed E-state index contributed by atoms with van der Waals surface area (Å²) in [5.74, 6) is 0.599. The molecule has 10 heteroatoms. The van der Waals surface area contributed by atoms with Crippen molar-refractivity contribution < 1.29 is 4.74 Å². The molecule has 0 radical (unpaired) electrons. The molecule has 0 bridgehead atoms. The van der Waals surface area contributed by atoms with Gasteiger partial charge in [-0.15, -0.1) is 0 Å². The van der Waals surface area contributed by atoms with Crippen molar-refractivity contribution in [3.05, 3.63) is 58.8 Å². The second-order valence-electron chi connectivity index (χ2n) is 7.77. The van der Waals surface area contributed by atoms with Crippen LogP contribution in [0.5, 0.6) is 5.75 Å². The van der Waals surface area contributed by atoms with Crippen LogP contribution in [-0.2, 0) is 13.0 Å². The van der Waals surface area contributed by atoms with E-state index in [4.69, 9.17) is 21.4 Å². The Morgan fingerprint density at radius 1 is 1.28 bits per heavy atom. The molecule has 0 aliphatic carbocycles. The lowest BCUT2D eigenvalue weighted by Crippen LogP contribution is -2.21. The first-order valence-corrected chi connectivity index (χ1v) is 10.8. The SMILES string of the molecule is Cc1c(-c2cc(OC(C)c3cccnn3)c3c(Cl)cnn3c2)nn2c1CCN(C#N)CC2. The summed E-state index contributed by atoms with van der Waals surface area (Å²) < 4.78 is 10.0. The number of aromatic nitrogens is 6. The van der Waals surface area contributed by atoms with Crippen molar-refractivity contribution in [2.24, 2.45) is 0 Å². The summed E-state index contributed by atoms with van der Waals surface area (Å²) >= 11 is 6.42. The maximum Gasteiger partial charge on any atom is 0.179 e. The molecule has 162 valence electrons. The van der Waals surface area contributed by atoms with Gasteiger partial charge in [-0.3, -0.25) is 4.68 Å². The minimum absolute atomic E-state index is 0.328. The van der Waals surface area contributed by atoms with Crippen LogP contribution >= 0.6 is 11.6 Å². The van der Waals surface area contributed by atoms with Crippen LogP contribution < -0.4 is 4.74 Å². The number of nitrogens with zero attached hydrogens (tertiary/aromatic N) is 8. The first-order chi connectivity index (χ1) is 15.5. The van der Waals surface area contributed by atoms with E-state index in [1.165, 1.54) is 0 Å². The summed E-state index contributed by atoms with van der Waals surface area (Å²) in [6.45, 7) is 6.01. The summed E-state index contributed by atoms with van der Waals surface area (Å²) in [4.78, 5) is 1.77. The quantitative estimate of drug-likeness (QED) is 0.441. The number of ether oxygens (including phenoxy) is 1. The van der Waals surface area contributed by atoms with Gasteiger partial charge in [0.05, 0.1) is 23.5 Å². The van der Waals surface area contributed by atoms with Crippen LogP contribution in [0.15, 0.2) is 36.8 Å². The van der Waals surface area contributed by atoms with Gasteiger partial charge in [0.2, 0.25) is 0 Å². The Kier molecular flexibility index (Phi) is 5.15. The Balaban J connectivity index is 1.56. The van der Waals surface area contributed by atoms with Crippen LogP contribution in [0.2, 0.25) is 5.02 Å². The lowest BCUT2D eigenvalue weighted by molar-refractivity contribution is 0.222. The van der Waals surface area contributed by atoms with Crippen molar-refractivity contribution in [3.8, 4) is 23.2 Å². The average molecular weight is 449 g/mol. The maximum atomic E-state index is 9.23. The smallest absolute Gasteiger partial charge is 0.179 e. The van der Waals surface area contributed by atoms with Gasteiger partial charge in [0.25, 0.3) is 0 Å². The van der Waals surface area contributed by atoms with Crippen LogP contribution in [0.3, 0.4) is 0 Å². The minimum Gasteiger partial charge on any atom is -0.482 e. The van der Waals surface area contributed by atoms with E-state index in [1.54, 1.807) is 21.8 Å². The molecule has 9 nitrogen and oxygen atoms in total. The van der Waals surface area contributed by atoms with Crippen LogP contribution in [0.4, 0.5) is 0 Å². The van der Waals surface area contributed by atoms with Gasteiger partial charge in [-0.25, -0.2) is 4.52 Å². The molecule has 1 atom stereocenters. The van der Waals surface area contributed by atoms with Crippen molar-refractivity contribution in [3.63, 3.8) is 0 Å². The molecular formula is C22H21ClN8O. The Morgan fingerprint density at radius 2 is 2.16 bits per heavy atom. The first kappa shape index (κ1) is 20.3. The van der Waals surface area contributed by atoms with Crippen molar-refractivity contribution in [2.45, 2.75) is 32.9 Å². The van der Waals surface area contributed by atoms with Gasteiger partial charge < -0.3 is 9.64 Å². The van der Waals surface area contributed by atoms with Gasteiger partial charge in [-0.2, -0.15) is 25.7 Å². The van der Waals surface area contributed by atoms with Crippen LogP contribution in [-0.4, -0.2) is 47.6 Å². The molecule has 5 rings (SSSR count). The first-order valence-electron chi connectivity index (χ1n) is 10.4. The zero-order valence-electron chi connectivity index (χ0n) is 17.7. The fraction of sp³-hybridized carbons (Fsp3) is 0.318. The average Bonchev–Trinajstić information content (AvgIpc) is 3.25. The van der Waals surface area contributed by atoms with Crippen molar-refractivity contribution >= 4 is 17.1 Å². The summed E-state index contributed by atoms with van der Waals surface area (Å²) in [5, 5.41) is 27.1. The molecule has 0 saturated carbocycles. The molecule has 0 amide bonds. The normalized spacial score (nSPS) is 14.6. The topological polar surface area (TPSA) is 97.2 Å². The number of hydrogen-bond donors (Lipinski definition) is 0. The lowest BCUT2D eigenvalue weighted by Gasteiger charge is -2.16. The highest BCUT2D eigenvalue weighted by atomic mass is 35.5. The van der Waals surface area contributed by atoms with Gasteiger partial charge >= 0.3 is 0 Å². The molecule has 0 spiro atoms. The standard InChI is InChI=1S/C22H21ClN8O/c1-14-19-5-7-29(13-24)8-9-30(19)28-21(14)16-10-20(22-17(23)11-26-31(22)12-16)32-15(2)18-4-3-6-25-27-18/h3-4,6,10-12,15H,5,7-9H2,1-2H3. The molecular weight excluding hydrogens is 428 g/mol. The monoisotopic (exact) mass is 448 g/mol. The highest BCUT2D eigenvalue weighted by molar-refractivity contribution is 6.34. The molecule has 0 saturated heterocycles. The predicted octanol–water partition coefficient (Wildman–Crippen LogP) is 3.43. The lowest BCUT2D eigenvalue weighted by atomic mass is 10.1. The van der Waals surface area contributed by atoms with Crippen molar-refractivity contribution in [1.29, 1.82) is 5.26 Å². The van der Waals surface area contributed by atoms with E-state index in [2.05, 4.69) is 28.4 Å². The summed E-state index contributed by atoms with van der Waals surface area (Å²) in [7, 11) is 0. The molecule has 32 heavy (non-hydrogen) atoms. The summed E-state index contributed by atoms with van der Waals surface area (Å²) in [6.07, 6.45) is 7.83. The Bertz CT molecular complexity index is 1320. The van der Waals surface area contributed by atoms with Crippen molar-refractivity contribution in [2.75, 3.05) is 13.1 Å². The second kappa shape index (κ2) is 8.13. The minimum atomic E-state index is -0.328. The Hall–Kier alpha value is -3.64. The zero-order chi connectivity index (χ0) is 22.2. The molecule has 4 aromatic rings. The molecule has 0 N–H and O–H groups in total.